The van der Waals surface area contributed by atoms with Crippen LogP contribution in [-0.2, 0) is 19.4 Å². The molecule has 0 saturated heterocycles. The van der Waals surface area contributed by atoms with Gasteiger partial charge in [0, 0.05) is 10.7 Å². The minimum atomic E-state index is -0.217. The first-order valence-corrected chi connectivity index (χ1v) is 9.12. The van der Waals surface area contributed by atoms with E-state index in [2.05, 4.69) is 16.0 Å². The normalized spacial score (nSPS) is 14.0. The van der Waals surface area contributed by atoms with Crippen LogP contribution in [0.2, 0.25) is 5.02 Å². The van der Waals surface area contributed by atoms with E-state index in [9.17, 15) is 4.79 Å². The monoisotopic (exact) mass is 365 g/mol. The number of benzene rings is 1. The minimum Gasteiger partial charge on any atom is -0.430 e. The van der Waals surface area contributed by atoms with Crippen LogP contribution in [0.5, 0.6) is 0 Å². The lowest BCUT2D eigenvalue weighted by Gasteiger charge is -2.13. The van der Waals surface area contributed by atoms with Crippen molar-refractivity contribution < 1.29 is 4.42 Å². The summed E-state index contributed by atoms with van der Waals surface area (Å²) in [7, 11) is 0. The summed E-state index contributed by atoms with van der Waals surface area (Å²) in [6.45, 7) is 0.350. The van der Waals surface area contributed by atoms with E-state index in [4.69, 9.17) is 16.0 Å². The molecule has 1 aliphatic rings. The highest BCUT2D eigenvalue weighted by Crippen LogP contribution is 2.29. The van der Waals surface area contributed by atoms with Crippen LogP contribution < -0.4 is 5.56 Å². The second kappa shape index (κ2) is 5.95. The van der Waals surface area contributed by atoms with Gasteiger partial charge in [-0.3, -0.25) is 9.36 Å². The van der Waals surface area contributed by atoms with Crippen LogP contribution in [0.1, 0.15) is 29.7 Å². The summed E-state index contributed by atoms with van der Waals surface area (Å²) in [4.78, 5) is 22.0. The van der Waals surface area contributed by atoms with Crippen LogP contribution in [0.15, 0.2) is 45.9 Å². The maximum atomic E-state index is 12.9. The fourth-order valence-electron chi connectivity index (χ4n) is 3.64. The highest BCUT2D eigenvalue weighted by atomic mass is 35.5. The molecule has 0 unspecified atom stereocenters. The maximum Gasteiger partial charge on any atom is 0.297 e. The van der Waals surface area contributed by atoms with Gasteiger partial charge in [-0.1, -0.05) is 29.8 Å². The standard InChI is InChI=1S/C20H16ClN3O2/c21-15-7-3-1-6-13(15)10-24-11-22-17-14-9-12-5-2-4-8-16(12)23-19(14)26-18(17)20(24)25/h1,3,6-7,9,11H,2,4-5,8,10H2. The van der Waals surface area contributed by atoms with Gasteiger partial charge in [0.15, 0.2) is 0 Å². The Morgan fingerprint density at radius 3 is 2.92 bits per heavy atom. The number of rotatable bonds is 2. The second-order valence-corrected chi connectivity index (χ2v) is 7.11. The van der Waals surface area contributed by atoms with E-state index in [1.54, 1.807) is 6.33 Å². The van der Waals surface area contributed by atoms with E-state index < -0.39 is 0 Å². The van der Waals surface area contributed by atoms with Crippen LogP contribution in [0, 0.1) is 0 Å². The Morgan fingerprint density at radius 2 is 2.04 bits per heavy atom. The number of hydrogen-bond donors (Lipinski definition) is 0. The fraction of sp³-hybridized carbons (Fsp3) is 0.250. The lowest BCUT2D eigenvalue weighted by atomic mass is 9.95. The zero-order valence-electron chi connectivity index (χ0n) is 14.0. The molecule has 1 aromatic carbocycles. The van der Waals surface area contributed by atoms with Crippen molar-refractivity contribution in [2.45, 2.75) is 32.2 Å². The van der Waals surface area contributed by atoms with Crippen molar-refractivity contribution >= 4 is 33.8 Å². The predicted molar refractivity (Wildman–Crippen MR) is 101 cm³/mol. The maximum absolute atomic E-state index is 12.9. The topological polar surface area (TPSA) is 60.9 Å². The molecule has 0 saturated carbocycles. The van der Waals surface area contributed by atoms with E-state index >= 15 is 0 Å². The molecule has 0 fully saturated rings. The van der Waals surface area contributed by atoms with Crippen molar-refractivity contribution in [1.29, 1.82) is 0 Å². The van der Waals surface area contributed by atoms with E-state index in [-0.39, 0.29) is 11.1 Å². The molecule has 3 aromatic heterocycles. The van der Waals surface area contributed by atoms with E-state index in [1.165, 1.54) is 16.6 Å². The number of aromatic nitrogens is 3. The van der Waals surface area contributed by atoms with Crippen molar-refractivity contribution in [2.75, 3.05) is 0 Å². The third-order valence-electron chi connectivity index (χ3n) is 5.01. The molecule has 0 atom stereocenters. The van der Waals surface area contributed by atoms with Crippen LogP contribution in [-0.4, -0.2) is 14.5 Å². The van der Waals surface area contributed by atoms with Crippen LogP contribution in [0.4, 0.5) is 0 Å². The minimum absolute atomic E-state index is 0.217. The van der Waals surface area contributed by atoms with Crippen molar-refractivity contribution in [3.05, 3.63) is 68.9 Å². The average Bonchev–Trinajstić information content (AvgIpc) is 3.02. The van der Waals surface area contributed by atoms with Crippen molar-refractivity contribution in [3.63, 3.8) is 0 Å². The molecule has 0 aliphatic heterocycles. The first kappa shape index (κ1) is 15.6. The molecule has 5 rings (SSSR count). The lowest BCUT2D eigenvalue weighted by Crippen LogP contribution is -2.20. The third-order valence-corrected chi connectivity index (χ3v) is 5.38. The average molecular weight is 366 g/mol. The first-order chi connectivity index (χ1) is 12.7. The molecule has 0 spiro atoms. The molecule has 130 valence electrons. The number of nitrogens with zero attached hydrogens (tertiary/aromatic N) is 3. The SMILES string of the molecule is O=c1c2oc3nc4c(cc3c2ncn1Cc1ccccc1Cl)CCCC4. The lowest BCUT2D eigenvalue weighted by molar-refractivity contribution is 0.619. The van der Waals surface area contributed by atoms with E-state index in [0.717, 1.165) is 35.9 Å². The third kappa shape index (κ3) is 2.42. The van der Waals surface area contributed by atoms with Crippen molar-refractivity contribution in [1.82, 2.24) is 14.5 Å². The Labute approximate surface area is 154 Å². The van der Waals surface area contributed by atoms with Gasteiger partial charge in [-0.25, -0.2) is 9.97 Å². The zero-order chi connectivity index (χ0) is 17.7. The van der Waals surface area contributed by atoms with E-state index in [0.29, 0.717) is 22.8 Å². The molecule has 4 aromatic rings. The quantitative estimate of drug-likeness (QED) is 0.536. The molecular formula is C20H16ClN3O2. The molecule has 26 heavy (non-hydrogen) atoms. The Morgan fingerprint density at radius 1 is 1.19 bits per heavy atom. The summed E-state index contributed by atoms with van der Waals surface area (Å²) in [6, 6.07) is 9.56. The molecule has 1 aliphatic carbocycles. The molecule has 0 bridgehead atoms. The Bertz CT molecular complexity index is 1210. The van der Waals surface area contributed by atoms with Gasteiger partial charge in [0.2, 0.25) is 11.3 Å². The van der Waals surface area contributed by atoms with Gasteiger partial charge in [-0.15, -0.1) is 0 Å². The highest BCUT2D eigenvalue weighted by Gasteiger charge is 2.19. The summed E-state index contributed by atoms with van der Waals surface area (Å²) < 4.78 is 7.34. The first-order valence-electron chi connectivity index (χ1n) is 8.74. The number of fused-ring (bicyclic) bond motifs is 4. The smallest absolute Gasteiger partial charge is 0.297 e. The van der Waals surface area contributed by atoms with Crippen LogP contribution >= 0.6 is 11.6 Å². The van der Waals surface area contributed by atoms with Gasteiger partial charge in [0.25, 0.3) is 5.56 Å². The molecule has 5 nitrogen and oxygen atoms in total. The van der Waals surface area contributed by atoms with Gasteiger partial charge in [-0.05, 0) is 48.9 Å². The Kier molecular flexibility index (Phi) is 3.57. The van der Waals surface area contributed by atoms with E-state index in [1.807, 2.05) is 24.3 Å². The summed E-state index contributed by atoms with van der Waals surface area (Å²) in [5.74, 6) is 0. The number of halogens is 1. The van der Waals surface area contributed by atoms with Gasteiger partial charge < -0.3 is 4.42 Å². The van der Waals surface area contributed by atoms with Crippen molar-refractivity contribution in [3.8, 4) is 0 Å². The van der Waals surface area contributed by atoms with Gasteiger partial charge in [-0.2, -0.15) is 0 Å². The highest BCUT2D eigenvalue weighted by molar-refractivity contribution is 6.31. The summed E-state index contributed by atoms with van der Waals surface area (Å²) in [5.41, 5.74) is 4.31. The fourth-order valence-corrected chi connectivity index (χ4v) is 3.83. The second-order valence-electron chi connectivity index (χ2n) is 6.70. The predicted octanol–water partition coefficient (Wildman–Crippen LogP) is 4.12. The number of aryl methyl sites for hydroxylation is 2. The molecule has 0 radical (unpaired) electrons. The molecule has 3 heterocycles. The molecule has 0 amide bonds. The summed E-state index contributed by atoms with van der Waals surface area (Å²) in [6.07, 6.45) is 5.87. The zero-order valence-corrected chi connectivity index (χ0v) is 14.8. The molecular weight excluding hydrogens is 350 g/mol. The van der Waals surface area contributed by atoms with Crippen LogP contribution in [0.25, 0.3) is 22.2 Å². The molecule has 6 heteroatoms. The Hall–Kier alpha value is -2.66. The summed E-state index contributed by atoms with van der Waals surface area (Å²) >= 11 is 6.21. The van der Waals surface area contributed by atoms with Crippen molar-refractivity contribution in [2.24, 2.45) is 0 Å². The summed E-state index contributed by atoms with van der Waals surface area (Å²) in [5, 5.41) is 1.45. The van der Waals surface area contributed by atoms with Gasteiger partial charge in [0.05, 0.1) is 18.3 Å². The Balaban J connectivity index is 1.67. The number of pyridine rings is 1. The largest absolute Gasteiger partial charge is 0.430 e. The number of hydrogen-bond acceptors (Lipinski definition) is 4. The number of furan rings is 1. The van der Waals surface area contributed by atoms with Crippen LogP contribution in [0.3, 0.4) is 0 Å². The van der Waals surface area contributed by atoms with Gasteiger partial charge in [0.1, 0.15) is 5.52 Å². The molecule has 0 N–H and O–H groups in total. The van der Waals surface area contributed by atoms with Gasteiger partial charge >= 0.3 is 0 Å².